The lowest BCUT2D eigenvalue weighted by Gasteiger charge is -2.08. The van der Waals surface area contributed by atoms with Crippen molar-refractivity contribution in [3.63, 3.8) is 0 Å². The minimum atomic E-state index is -0.524. The lowest BCUT2D eigenvalue weighted by atomic mass is 10.2. The number of amides is 2. The van der Waals surface area contributed by atoms with Gasteiger partial charge in [0.05, 0.1) is 37.7 Å². The van der Waals surface area contributed by atoms with Crippen LogP contribution < -0.4 is 16.4 Å². The number of carbonyl (C=O) groups is 2. The van der Waals surface area contributed by atoms with E-state index < -0.39 is 4.92 Å². The number of imidazole rings is 1. The van der Waals surface area contributed by atoms with Gasteiger partial charge in [-0.15, -0.1) is 0 Å². The number of aryl methyl sites for hydroxylation is 1. The maximum atomic E-state index is 12.0. The number of benzene rings is 1. The molecule has 3 rings (SSSR count). The van der Waals surface area contributed by atoms with E-state index in [1.807, 2.05) is 0 Å². The fraction of sp³-hybridized carbons (Fsp3) is 0.381. The number of fused-ring (bicyclic) bond motifs is 1. The molecule has 0 saturated carbocycles. The van der Waals surface area contributed by atoms with Crippen molar-refractivity contribution in [2.24, 2.45) is 0 Å². The molecule has 2 amide bonds. The van der Waals surface area contributed by atoms with Crippen LogP contribution in [0.25, 0.3) is 11.2 Å². The van der Waals surface area contributed by atoms with Crippen molar-refractivity contribution in [1.29, 1.82) is 0 Å². The standard InChI is InChI=1S/C21H26N8O6/c22-19-18-20(26-13-25-19)28(14-27-18)8-5-17(30)23-6-9-34-11-12-35-10-7-24-21(31)15-1-3-16(4-2-15)29(32)33/h1-4,13-14H,5-12H2,(H,23,30)(H,24,31)(H2,22,25,26). The summed E-state index contributed by atoms with van der Waals surface area (Å²) in [6, 6.07) is 5.34. The van der Waals surface area contributed by atoms with Gasteiger partial charge < -0.3 is 30.4 Å². The summed E-state index contributed by atoms with van der Waals surface area (Å²) in [4.78, 5) is 46.2. The molecule has 0 aliphatic carbocycles. The van der Waals surface area contributed by atoms with Crippen molar-refractivity contribution >= 4 is 34.5 Å². The first-order chi connectivity index (χ1) is 17.0. The van der Waals surface area contributed by atoms with Crippen LogP contribution in [0.3, 0.4) is 0 Å². The lowest BCUT2D eigenvalue weighted by Crippen LogP contribution is -2.29. The first kappa shape index (κ1) is 25.5. The van der Waals surface area contributed by atoms with Gasteiger partial charge >= 0.3 is 0 Å². The molecule has 0 aliphatic rings. The van der Waals surface area contributed by atoms with Crippen LogP contribution in [0.2, 0.25) is 0 Å². The van der Waals surface area contributed by atoms with Gasteiger partial charge in [0.2, 0.25) is 5.91 Å². The van der Waals surface area contributed by atoms with E-state index in [1.165, 1.54) is 30.6 Å². The van der Waals surface area contributed by atoms with E-state index in [1.54, 1.807) is 10.9 Å². The second kappa shape index (κ2) is 12.9. The van der Waals surface area contributed by atoms with Crippen molar-refractivity contribution in [3.05, 3.63) is 52.6 Å². The Kier molecular flexibility index (Phi) is 9.39. The molecule has 35 heavy (non-hydrogen) atoms. The molecule has 4 N–H and O–H groups in total. The zero-order valence-electron chi connectivity index (χ0n) is 18.9. The van der Waals surface area contributed by atoms with Crippen molar-refractivity contribution in [1.82, 2.24) is 30.2 Å². The summed E-state index contributed by atoms with van der Waals surface area (Å²) >= 11 is 0. The van der Waals surface area contributed by atoms with Gasteiger partial charge in [0, 0.05) is 43.8 Å². The van der Waals surface area contributed by atoms with Crippen LogP contribution in [0.15, 0.2) is 36.9 Å². The molecule has 2 heterocycles. The molecule has 0 radical (unpaired) electrons. The molecule has 0 saturated heterocycles. The van der Waals surface area contributed by atoms with E-state index in [0.717, 1.165) is 0 Å². The Labute approximate surface area is 200 Å². The van der Waals surface area contributed by atoms with Gasteiger partial charge in [-0.25, -0.2) is 15.0 Å². The number of nitrogen functional groups attached to an aromatic ring is 1. The molecule has 2 aromatic heterocycles. The minimum absolute atomic E-state index is 0.0749. The topological polar surface area (TPSA) is 189 Å². The SMILES string of the molecule is Nc1ncnc2c1ncn2CCC(=O)NCCOCCOCCNC(=O)c1ccc([N+](=O)[O-])cc1. The van der Waals surface area contributed by atoms with E-state index in [-0.39, 0.29) is 37.1 Å². The third kappa shape index (κ3) is 7.68. The van der Waals surface area contributed by atoms with Crippen LogP contribution in [0.5, 0.6) is 0 Å². The van der Waals surface area contributed by atoms with Crippen molar-refractivity contribution in [3.8, 4) is 0 Å². The monoisotopic (exact) mass is 486 g/mol. The molecule has 0 fully saturated rings. The number of nitrogens with zero attached hydrogens (tertiary/aromatic N) is 5. The number of hydrogen-bond acceptors (Lipinski definition) is 10. The van der Waals surface area contributed by atoms with Gasteiger partial charge in [0.15, 0.2) is 11.5 Å². The number of nitro groups is 1. The molecule has 0 bridgehead atoms. The van der Waals surface area contributed by atoms with Crippen LogP contribution in [-0.4, -0.2) is 75.8 Å². The summed E-state index contributed by atoms with van der Waals surface area (Å²) in [6.07, 6.45) is 3.19. The molecular formula is C21H26N8O6. The Bertz CT molecular complexity index is 1150. The number of non-ortho nitro benzene ring substituents is 1. The summed E-state index contributed by atoms with van der Waals surface area (Å²) in [5, 5.41) is 16.1. The second-order valence-corrected chi connectivity index (χ2v) is 7.25. The van der Waals surface area contributed by atoms with Gasteiger partial charge in [-0.05, 0) is 12.1 Å². The predicted molar refractivity (Wildman–Crippen MR) is 124 cm³/mol. The average Bonchev–Trinajstić information content (AvgIpc) is 3.28. The van der Waals surface area contributed by atoms with Crippen LogP contribution in [0.1, 0.15) is 16.8 Å². The van der Waals surface area contributed by atoms with Gasteiger partial charge in [0.25, 0.3) is 11.6 Å². The van der Waals surface area contributed by atoms with E-state index in [4.69, 9.17) is 15.2 Å². The highest BCUT2D eigenvalue weighted by atomic mass is 16.6. The fourth-order valence-electron chi connectivity index (χ4n) is 3.03. The highest BCUT2D eigenvalue weighted by molar-refractivity contribution is 5.94. The Hall–Kier alpha value is -4.17. The first-order valence-corrected chi connectivity index (χ1v) is 10.8. The third-order valence-corrected chi connectivity index (χ3v) is 4.82. The Morgan fingerprint density at radius 1 is 1.00 bits per heavy atom. The number of rotatable bonds is 14. The third-order valence-electron chi connectivity index (χ3n) is 4.82. The summed E-state index contributed by atoms with van der Waals surface area (Å²) in [7, 11) is 0. The highest BCUT2D eigenvalue weighted by Gasteiger charge is 2.10. The van der Waals surface area contributed by atoms with Crippen LogP contribution >= 0.6 is 0 Å². The number of aromatic nitrogens is 4. The molecule has 14 heteroatoms. The Morgan fingerprint density at radius 3 is 2.37 bits per heavy atom. The van der Waals surface area contributed by atoms with E-state index in [9.17, 15) is 19.7 Å². The average molecular weight is 486 g/mol. The van der Waals surface area contributed by atoms with E-state index in [2.05, 4.69) is 25.6 Å². The molecular weight excluding hydrogens is 460 g/mol. The molecule has 0 atom stereocenters. The summed E-state index contributed by atoms with van der Waals surface area (Å²) < 4.78 is 12.5. The number of hydrogen-bond donors (Lipinski definition) is 3. The summed E-state index contributed by atoms with van der Waals surface area (Å²) in [6.45, 7) is 2.37. The zero-order chi connectivity index (χ0) is 25.0. The molecule has 0 spiro atoms. The second-order valence-electron chi connectivity index (χ2n) is 7.25. The van der Waals surface area contributed by atoms with Crippen molar-refractivity contribution < 1.29 is 24.0 Å². The van der Waals surface area contributed by atoms with E-state index >= 15 is 0 Å². The molecule has 186 valence electrons. The Morgan fingerprint density at radius 2 is 1.69 bits per heavy atom. The first-order valence-electron chi connectivity index (χ1n) is 10.8. The number of nitrogens with two attached hydrogens (primary N) is 1. The summed E-state index contributed by atoms with van der Waals surface area (Å²) in [5.41, 5.74) is 7.10. The molecule has 1 aromatic carbocycles. The fourth-order valence-corrected chi connectivity index (χ4v) is 3.03. The van der Waals surface area contributed by atoms with Crippen LogP contribution in [0.4, 0.5) is 11.5 Å². The smallest absolute Gasteiger partial charge is 0.269 e. The predicted octanol–water partition coefficient (Wildman–Crippen LogP) is 0.286. The van der Waals surface area contributed by atoms with Gasteiger partial charge in [-0.2, -0.15) is 0 Å². The van der Waals surface area contributed by atoms with E-state index in [0.29, 0.717) is 55.5 Å². The van der Waals surface area contributed by atoms with Gasteiger partial charge in [-0.3, -0.25) is 19.7 Å². The maximum absolute atomic E-state index is 12.0. The van der Waals surface area contributed by atoms with Crippen molar-refractivity contribution in [2.75, 3.05) is 45.3 Å². The normalized spacial score (nSPS) is 10.9. The van der Waals surface area contributed by atoms with Gasteiger partial charge in [-0.1, -0.05) is 0 Å². The largest absolute Gasteiger partial charge is 0.382 e. The number of carbonyl (C=O) groups excluding carboxylic acids is 2. The van der Waals surface area contributed by atoms with Crippen LogP contribution in [0, 0.1) is 10.1 Å². The maximum Gasteiger partial charge on any atom is 0.269 e. The van der Waals surface area contributed by atoms with Crippen LogP contribution in [-0.2, 0) is 20.8 Å². The van der Waals surface area contributed by atoms with Gasteiger partial charge in [0.1, 0.15) is 11.8 Å². The number of anilines is 1. The zero-order valence-corrected chi connectivity index (χ0v) is 18.9. The molecule has 14 nitrogen and oxygen atoms in total. The number of ether oxygens (including phenoxy) is 2. The quantitative estimate of drug-likeness (QED) is 0.162. The summed E-state index contributed by atoms with van der Waals surface area (Å²) in [5.74, 6) is -0.169. The van der Waals surface area contributed by atoms with Crippen molar-refractivity contribution in [2.45, 2.75) is 13.0 Å². The Balaban J connectivity index is 1.18. The minimum Gasteiger partial charge on any atom is -0.382 e. The lowest BCUT2D eigenvalue weighted by molar-refractivity contribution is -0.384. The molecule has 0 aliphatic heterocycles. The number of nitrogens with one attached hydrogen (secondary N) is 2. The number of nitro benzene ring substituents is 1. The molecule has 0 unspecified atom stereocenters. The highest BCUT2D eigenvalue weighted by Crippen LogP contribution is 2.14. The molecule has 3 aromatic rings.